The van der Waals surface area contributed by atoms with Crippen molar-refractivity contribution < 1.29 is 0 Å². The molecule has 436 valence electrons. The number of nitrogens with zero attached hydrogens (tertiary/aromatic N) is 2. The zero-order chi connectivity index (χ0) is 61.7. The van der Waals surface area contributed by atoms with Crippen molar-refractivity contribution in [3.8, 4) is 33.4 Å². The van der Waals surface area contributed by atoms with Gasteiger partial charge in [-0.15, -0.1) is 0 Å². The molecule has 0 amide bonds. The van der Waals surface area contributed by atoms with Crippen LogP contribution in [-0.2, 0) is 27.1 Å². The molecule has 2 nitrogen and oxygen atoms in total. The third-order valence-electron chi connectivity index (χ3n) is 20.9. The van der Waals surface area contributed by atoms with Crippen LogP contribution in [0, 0.1) is 0 Å². The van der Waals surface area contributed by atoms with Gasteiger partial charge in [-0.3, -0.25) is 0 Å². The summed E-state index contributed by atoms with van der Waals surface area (Å²) in [6.45, 7) is 28.4. The smallest absolute Gasteiger partial charge is 0.252 e. The fourth-order valence-electron chi connectivity index (χ4n) is 16.2. The van der Waals surface area contributed by atoms with Gasteiger partial charge in [-0.2, -0.15) is 0 Å². The van der Waals surface area contributed by atoms with Gasteiger partial charge >= 0.3 is 0 Å². The molecule has 2 heterocycles. The quantitative estimate of drug-likeness (QED) is 0.128. The molecule has 0 N–H and O–H groups in total. The summed E-state index contributed by atoms with van der Waals surface area (Å²) in [6.07, 6.45) is 0. The Morgan fingerprint density at radius 1 is 0.278 bits per heavy atom. The Kier molecular flexibility index (Phi) is 11.4. The van der Waals surface area contributed by atoms with Gasteiger partial charge in [-0.1, -0.05) is 265 Å². The second-order valence-corrected chi connectivity index (χ2v) is 30.6. The Morgan fingerprint density at radius 2 is 0.644 bits per heavy atom. The Morgan fingerprint density at radius 3 is 1.07 bits per heavy atom. The predicted octanol–water partition coefficient (Wildman–Crippen LogP) is 21.6. The first-order valence-corrected chi connectivity index (χ1v) is 32.6. The summed E-state index contributed by atoms with van der Waals surface area (Å²) in [5, 5.41) is 10.1. The predicted molar refractivity (Wildman–Crippen MR) is 387 cm³/mol. The third kappa shape index (κ3) is 7.90. The van der Waals surface area contributed by atoms with Crippen LogP contribution in [0.25, 0.3) is 76.5 Å². The summed E-state index contributed by atoms with van der Waals surface area (Å²) >= 11 is 0. The molecule has 3 heteroatoms. The van der Waals surface area contributed by atoms with Crippen molar-refractivity contribution in [1.82, 2.24) is 0 Å². The molecular weight excluding hydrogens is 1080 g/mol. The van der Waals surface area contributed by atoms with Crippen LogP contribution >= 0.6 is 0 Å². The maximum atomic E-state index is 2.70. The van der Waals surface area contributed by atoms with Crippen molar-refractivity contribution in [3.05, 3.63) is 281 Å². The lowest BCUT2D eigenvalue weighted by atomic mass is 9.33. The highest BCUT2D eigenvalue weighted by atomic mass is 15.2. The summed E-state index contributed by atoms with van der Waals surface area (Å²) in [4.78, 5) is 5.40. The second-order valence-electron chi connectivity index (χ2n) is 30.6. The van der Waals surface area contributed by atoms with E-state index in [1.807, 2.05) is 0 Å². The van der Waals surface area contributed by atoms with Crippen molar-refractivity contribution in [3.63, 3.8) is 0 Å². The van der Waals surface area contributed by atoms with Crippen molar-refractivity contribution in [1.29, 1.82) is 0 Å². The molecule has 0 unspecified atom stereocenters. The van der Waals surface area contributed by atoms with Crippen LogP contribution in [0.5, 0.6) is 0 Å². The fraction of sp³-hybridized carbons (Fsp3) is 0.195. The molecule has 13 aromatic carbocycles. The molecule has 90 heavy (non-hydrogen) atoms. The number of hydrogen-bond donors (Lipinski definition) is 0. The first-order valence-electron chi connectivity index (χ1n) is 32.6. The molecule has 0 saturated carbocycles. The molecule has 2 aliphatic carbocycles. The van der Waals surface area contributed by atoms with E-state index in [1.165, 1.54) is 171 Å². The molecule has 4 aliphatic rings. The second kappa shape index (κ2) is 18.8. The van der Waals surface area contributed by atoms with E-state index >= 15 is 0 Å². The van der Waals surface area contributed by atoms with E-state index in [4.69, 9.17) is 0 Å². The third-order valence-corrected chi connectivity index (χ3v) is 20.9. The maximum Gasteiger partial charge on any atom is 0.252 e. The van der Waals surface area contributed by atoms with Gasteiger partial charge < -0.3 is 9.80 Å². The number of anilines is 6. The van der Waals surface area contributed by atoms with Gasteiger partial charge in [0.25, 0.3) is 6.71 Å². The molecule has 13 aromatic rings. The van der Waals surface area contributed by atoms with Gasteiger partial charge in [-0.25, -0.2) is 0 Å². The van der Waals surface area contributed by atoms with Crippen molar-refractivity contribution >= 4 is 100 Å². The average Bonchev–Trinajstić information content (AvgIpc) is 1.37. The van der Waals surface area contributed by atoms with Crippen molar-refractivity contribution in [2.24, 2.45) is 0 Å². The van der Waals surface area contributed by atoms with Crippen LogP contribution in [0.1, 0.15) is 128 Å². The van der Waals surface area contributed by atoms with Crippen LogP contribution in [0.3, 0.4) is 0 Å². The van der Waals surface area contributed by atoms with Gasteiger partial charge in [0.15, 0.2) is 0 Å². The van der Waals surface area contributed by atoms with Crippen LogP contribution in [0.2, 0.25) is 0 Å². The van der Waals surface area contributed by atoms with Crippen molar-refractivity contribution in [2.45, 2.75) is 110 Å². The SMILES string of the molecule is CC(C)(C)c1cc(N2c3cc4ccc5ccccc5c4cc3B3c4cc5c(ccc6ccccc65)cc4N(c4cc(C(C)(C)C)cc(C(C)(C)C)c4)c4cc(-c5ccc6c(c5)-c5ccccc5C65c6ccccc6-c6ccccc65)cc2c43)cc(C(C)(C)C)c1. The molecule has 0 fully saturated rings. The lowest BCUT2D eigenvalue weighted by Crippen LogP contribution is -2.61. The van der Waals surface area contributed by atoms with Gasteiger partial charge in [-0.05, 0) is 214 Å². The minimum absolute atomic E-state index is 0.123. The zero-order valence-corrected chi connectivity index (χ0v) is 54.0. The monoisotopic (exact) mass is 1160 g/mol. The number of hydrogen-bond acceptors (Lipinski definition) is 2. The zero-order valence-electron chi connectivity index (χ0n) is 54.0. The number of benzene rings is 13. The van der Waals surface area contributed by atoms with E-state index in [2.05, 4.69) is 329 Å². The first-order chi connectivity index (χ1) is 43.1. The van der Waals surface area contributed by atoms with E-state index < -0.39 is 5.41 Å². The van der Waals surface area contributed by atoms with E-state index in [1.54, 1.807) is 0 Å². The topological polar surface area (TPSA) is 6.48 Å². The molecule has 0 bridgehead atoms. The van der Waals surface area contributed by atoms with Crippen LogP contribution in [-0.4, -0.2) is 6.71 Å². The first kappa shape index (κ1) is 54.7. The number of rotatable bonds is 3. The lowest BCUT2D eigenvalue weighted by molar-refractivity contribution is 0.568. The average molecular weight is 1160 g/mol. The Labute approximate surface area is 531 Å². The molecule has 17 rings (SSSR count). The minimum Gasteiger partial charge on any atom is -0.311 e. The molecule has 0 aromatic heterocycles. The fourth-order valence-corrected chi connectivity index (χ4v) is 16.2. The molecule has 0 radical (unpaired) electrons. The minimum atomic E-state index is -0.443. The Hall–Kier alpha value is -9.44. The number of fused-ring (bicyclic) bond motifs is 20. The summed E-state index contributed by atoms with van der Waals surface area (Å²) in [6, 6.07) is 92.9. The Balaban J connectivity index is 1.03. The standard InChI is InChI=1S/C87H75BN2/c1-83(2,3)58-44-59(84(4,5)6)47-62(46-58)89-78-40-55-35-33-52-23-13-15-25-64(52)69(55)50-76(78)88-77-51-70-56(36-34-53-24-14-16-26-65(53)70)41-79(77)90(63-48-60(85(7,8)9)45-61(49-63)86(10,11)12)81-43-57(42-80(89)82(81)88)54-37-38-75-71(39-54)68-29-19-22-32-74(68)87(75)72-30-20-17-27-66(72)67-28-18-21-31-73(67)87/h13-51H,1-12H3. The maximum absolute atomic E-state index is 2.70. The summed E-state index contributed by atoms with van der Waals surface area (Å²) in [5.74, 6) is 0. The van der Waals surface area contributed by atoms with Gasteiger partial charge in [0.1, 0.15) is 0 Å². The Bertz CT molecular complexity index is 4920. The molecular formula is C87H75BN2. The van der Waals surface area contributed by atoms with Gasteiger partial charge in [0.05, 0.1) is 5.41 Å². The van der Waals surface area contributed by atoms with E-state index in [9.17, 15) is 0 Å². The van der Waals surface area contributed by atoms with E-state index in [0.29, 0.717) is 0 Å². The highest BCUT2D eigenvalue weighted by Gasteiger charge is 2.52. The van der Waals surface area contributed by atoms with E-state index in [0.717, 1.165) is 0 Å². The summed E-state index contributed by atoms with van der Waals surface area (Å²) in [5.41, 5.74) is 28.5. The lowest BCUT2D eigenvalue weighted by Gasteiger charge is -2.45. The van der Waals surface area contributed by atoms with Crippen LogP contribution in [0.15, 0.2) is 237 Å². The molecule has 0 atom stereocenters. The van der Waals surface area contributed by atoms with Gasteiger partial charge in [0.2, 0.25) is 0 Å². The summed E-state index contributed by atoms with van der Waals surface area (Å²) in [7, 11) is 0. The van der Waals surface area contributed by atoms with Crippen molar-refractivity contribution in [2.75, 3.05) is 9.80 Å². The summed E-state index contributed by atoms with van der Waals surface area (Å²) < 4.78 is 0. The molecule has 0 saturated heterocycles. The highest BCUT2D eigenvalue weighted by molar-refractivity contribution is 7.00. The van der Waals surface area contributed by atoms with Crippen LogP contribution < -0.4 is 26.2 Å². The molecule has 1 spiro atoms. The molecule has 2 aliphatic heterocycles. The van der Waals surface area contributed by atoms with Crippen LogP contribution in [0.4, 0.5) is 34.1 Å². The highest BCUT2D eigenvalue weighted by Crippen LogP contribution is 2.63. The van der Waals surface area contributed by atoms with E-state index in [-0.39, 0.29) is 28.4 Å². The normalized spacial score (nSPS) is 14.5. The van der Waals surface area contributed by atoms with Gasteiger partial charge in [0, 0.05) is 34.1 Å². The largest absolute Gasteiger partial charge is 0.311 e.